The van der Waals surface area contributed by atoms with Crippen LogP contribution in [0.3, 0.4) is 0 Å². The van der Waals surface area contributed by atoms with Gasteiger partial charge in [-0.25, -0.2) is 4.79 Å². The van der Waals surface area contributed by atoms with Crippen molar-refractivity contribution >= 4 is 34.2 Å². The lowest BCUT2D eigenvalue weighted by molar-refractivity contribution is -0.118. The third kappa shape index (κ3) is 3.83. The highest BCUT2D eigenvalue weighted by Gasteiger charge is 2.11. The zero-order chi connectivity index (χ0) is 18.0. The summed E-state index contributed by atoms with van der Waals surface area (Å²) < 4.78 is 10.9. The van der Waals surface area contributed by atoms with Crippen LogP contribution >= 0.6 is 11.6 Å². The Morgan fingerprint density at radius 2 is 1.88 bits per heavy atom. The Labute approximate surface area is 149 Å². The number of carbonyl (C=O) groups is 1. The van der Waals surface area contributed by atoms with Crippen LogP contribution < -0.4 is 15.7 Å². The van der Waals surface area contributed by atoms with E-state index in [1.54, 1.807) is 37.3 Å². The minimum Gasteiger partial charge on any atom is -0.483 e. The Morgan fingerprint density at radius 1 is 1.16 bits per heavy atom. The van der Waals surface area contributed by atoms with Gasteiger partial charge >= 0.3 is 5.63 Å². The maximum atomic E-state index is 12.0. The molecule has 0 radical (unpaired) electrons. The first-order valence-corrected chi connectivity index (χ1v) is 8.04. The number of carbonyl (C=O) groups excluding carboxylic acids is 1. The van der Waals surface area contributed by atoms with E-state index >= 15 is 0 Å². The van der Waals surface area contributed by atoms with Crippen LogP contribution in [0.25, 0.3) is 11.0 Å². The van der Waals surface area contributed by atoms with E-state index in [2.05, 4.69) is 5.32 Å². The maximum absolute atomic E-state index is 12.0. The molecular formula is C19H16ClNO4. The molecule has 0 aliphatic carbocycles. The fourth-order valence-corrected chi connectivity index (χ4v) is 2.66. The quantitative estimate of drug-likeness (QED) is 0.714. The fraction of sp³-hybridized carbons (Fsp3) is 0.158. The predicted molar refractivity (Wildman–Crippen MR) is 97.5 cm³/mol. The summed E-state index contributed by atoms with van der Waals surface area (Å²) in [6.45, 7) is 3.47. The van der Waals surface area contributed by atoms with Crippen LogP contribution in [0, 0.1) is 13.8 Å². The molecule has 5 nitrogen and oxygen atoms in total. The molecular weight excluding hydrogens is 342 g/mol. The monoisotopic (exact) mass is 357 g/mol. The van der Waals surface area contributed by atoms with Gasteiger partial charge in [-0.05, 0) is 55.8 Å². The standard InChI is InChI=1S/C19H16ClNO4/c1-11-9-18(23)25-19-12(2)16(8-7-15(11)19)24-10-17(22)21-14-5-3-13(20)4-6-14/h3-9H,10H2,1-2H3,(H,21,22). The zero-order valence-electron chi connectivity index (χ0n) is 13.8. The van der Waals surface area contributed by atoms with Crippen molar-refractivity contribution in [3.8, 4) is 5.75 Å². The average molecular weight is 358 g/mol. The van der Waals surface area contributed by atoms with Crippen molar-refractivity contribution < 1.29 is 13.9 Å². The van der Waals surface area contributed by atoms with E-state index in [0.717, 1.165) is 10.9 Å². The molecule has 6 heteroatoms. The van der Waals surface area contributed by atoms with E-state index in [0.29, 0.717) is 27.6 Å². The summed E-state index contributed by atoms with van der Waals surface area (Å²) in [4.78, 5) is 23.6. The number of amides is 1. The zero-order valence-corrected chi connectivity index (χ0v) is 14.5. The van der Waals surface area contributed by atoms with E-state index in [9.17, 15) is 9.59 Å². The Morgan fingerprint density at radius 3 is 2.60 bits per heavy atom. The van der Waals surface area contributed by atoms with Crippen LogP contribution in [0.1, 0.15) is 11.1 Å². The van der Waals surface area contributed by atoms with Gasteiger partial charge in [-0.15, -0.1) is 0 Å². The molecule has 0 bridgehead atoms. The fourth-order valence-electron chi connectivity index (χ4n) is 2.53. The number of aryl methyl sites for hydroxylation is 2. The number of halogens is 1. The molecule has 0 aliphatic heterocycles. The summed E-state index contributed by atoms with van der Waals surface area (Å²) in [6, 6.07) is 11.8. The third-order valence-corrected chi connectivity index (χ3v) is 4.06. The molecule has 2 aromatic carbocycles. The number of hydrogen-bond acceptors (Lipinski definition) is 4. The van der Waals surface area contributed by atoms with Gasteiger partial charge in [0.05, 0.1) is 0 Å². The second-order valence-electron chi connectivity index (χ2n) is 5.66. The summed E-state index contributed by atoms with van der Waals surface area (Å²) in [7, 11) is 0. The van der Waals surface area contributed by atoms with Crippen LogP contribution in [-0.2, 0) is 4.79 Å². The molecule has 1 amide bonds. The lowest BCUT2D eigenvalue weighted by Crippen LogP contribution is -2.20. The van der Waals surface area contributed by atoms with Crippen LogP contribution in [0.15, 0.2) is 51.7 Å². The number of nitrogens with one attached hydrogen (secondary N) is 1. The highest BCUT2D eigenvalue weighted by Crippen LogP contribution is 2.28. The second-order valence-corrected chi connectivity index (χ2v) is 6.09. The first-order chi connectivity index (χ1) is 11.9. The van der Waals surface area contributed by atoms with Gasteiger partial charge in [-0.3, -0.25) is 4.79 Å². The Balaban J connectivity index is 1.74. The molecule has 0 saturated carbocycles. The van der Waals surface area contributed by atoms with Crippen LogP contribution in [-0.4, -0.2) is 12.5 Å². The minimum absolute atomic E-state index is 0.162. The van der Waals surface area contributed by atoms with Gasteiger partial charge in [0.2, 0.25) is 0 Å². The SMILES string of the molecule is Cc1cc(=O)oc2c(C)c(OCC(=O)Nc3ccc(Cl)cc3)ccc12. The topological polar surface area (TPSA) is 68.5 Å². The average Bonchev–Trinajstić information content (AvgIpc) is 2.57. The highest BCUT2D eigenvalue weighted by atomic mass is 35.5. The Bertz CT molecular complexity index is 993. The predicted octanol–water partition coefficient (Wildman–Crippen LogP) is 4.08. The van der Waals surface area contributed by atoms with Crippen LogP contribution in [0.5, 0.6) is 5.75 Å². The van der Waals surface area contributed by atoms with Crippen molar-refractivity contribution in [2.75, 3.05) is 11.9 Å². The van der Waals surface area contributed by atoms with Gasteiger partial charge < -0.3 is 14.5 Å². The lowest BCUT2D eigenvalue weighted by atomic mass is 10.1. The smallest absolute Gasteiger partial charge is 0.336 e. The molecule has 0 fully saturated rings. The van der Waals surface area contributed by atoms with Crippen molar-refractivity contribution in [3.63, 3.8) is 0 Å². The number of rotatable bonds is 4. The molecule has 0 saturated heterocycles. The van der Waals surface area contributed by atoms with E-state index in [4.69, 9.17) is 20.8 Å². The number of fused-ring (bicyclic) bond motifs is 1. The van der Waals surface area contributed by atoms with Crippen LogP contribution in [0.4, 0.5) is 5.69 Å². The molecule has 0 spiro atoms. The van der Waals surface area contributed by atoms with Gasteiger partial charge in [-0.1, -0.05) is 11.6 Å². The number of hydrogen-bond donors (Lipinski definition) is 1. The van der Waals surface area contributed by atoms with E-state index < -0.39 is 5.63 Å². The summed E-state index contributed by atoms with van der Waals surface area (Å²) in [6.07, 6.45) is 0. The van der Waals surface area contributed by atoms with Crippen molar-refractivity contribution in [1.82, 2.24) is 0 Å². The lowest BCUT2D eigenvalue weighted by Gasteiger charge is -2.11. The summed E-state index contributed by atoms with van der Waals surface area (Å²) in [5.41, 5.74) is 2.21. The first kappa shape index (κ1) is 17.0. The third-order valence-electron chi connectivity index (χ3n) is 3.80. The summed E-state index contributed by atoms with van der Waals surface area (Å²) >= 11 is 5.81. The Hall–Kier alpha value is -2.79. The van der Waals surface area contributed by atoms with E-state index in [1.165, 1.54) is 6.07 Å². The molecule has 0 aliphatic rings. The van der Waals surface area contributed by atoms with Gasteiger partial charge in [-0.2, -0.15) is 0 Å². The normalized spacial score (nSPS) is 10.7. The molecule has 3 rings (SSSR count). The molecule has 128 valence electrons. The molecule has 1 aromatic heterocycles. The summed E-state index contributed by atoms with van der Waals surface area (Å²) in [5, 5.41) is 4.16. The highest BCUT2D eigenvalue weighted by molar-refractivity contribution is 6.30. The first-order valence-electron chi connectivity index (χ1n) is 7.66. The van der Waals surface area contributed by atoms with Crippen molar-refractivity contribution in [2.45, 2.75) is 13.8 Å². The number of benzene rings is 2. The van der Waals surface area contributed by atoms with Crippen LogP contribution in [0.2, 0.25) is 5.02 Å². The molecule has 0 atom stereocenters. The maximum Gasteiger partial charge on any atom is 0.336 e. The molecule has 1 N–H and O–H groups in total. The second kappa shape index (κ2) is 6.99. The van der Waals surface area contributed by atoms with Crippen molar-refractivity contribution in [3.05, 3.63) is 69.0 Å². The van der Waals surface area contributed by atoms with Gasteiger partial charge in [0.25, 0.3) is 5.91 Å². The molecule has 1 heterocycles. The molecule has 3 aromatic rings. The van der Waals surface area contributed by atoms with Gasteiger partial charge in [0, 0.05) is 27.7 Å². The minimum atomic E-state index is -0.411. The Kier molecular flexibility index (Phi) is 4.76. The van der Waals surface area contributed by atoms with Crippen molar-refractivity contribution in [1.29, 1.82) is 0 Å². The largest absolute Gasteiger partial charge is 0.483 e. The molecule has 0 unspecified atom stereocenters. The van der Waals surface area contributed by atoms with E-state index in [1.807, 2.05) is 13.0 Å². The van der Waals surface area contributed by atoms with Gasteiger partial charge in [0.15, 0.2) is 6.61 Å². The van der Waals surface area contributed by atoms with E-state index in [-0.39, 0.29) is 12.5 Å². The number of ether oxygens (including phenoxy) is 1. The van der Waals surface area contributed by atoms with Crippen molar-refractivity contribution in [2.24, 2.45) is 0 Å². The van der Waals surface area contributed by atoms with Gasteiger partial charge in [0.1, 0.15) is 11.3 Å². The number of anilines is 1. The molecule has 25 heavy (non-hydrogen) atoms. The summed E-state index contributed by atoms with van der Waals surface area (Å²) in [5.74, 6) is 0.194.